The van der Waals surface area contributed by atoms with E-state index in [1.54, 1.807) is 18.7 Å². The van der Waals surface area contributed by atoms with Crippen molar-refractivity contribution in [3.05, 3.63) is 71.1 Å². The first-order valence-corrected chi connectivity index (χ1v) is 15.8. The highest BCUT2D eigenvalue weighted by Gasteiger charge is 2.33. The molecule has 1 aromatic carbocycles. The van der Waals surface area contributed by atoms with Crippen LogP contribution in [-0.4, -0.2) is 51.6 Å². The van der Waals surface area contributed by atoms with Gasteiger partial charge in [-0.05, 0) is 44.6 Å². The fourth-order valence-corrected chi connectivity index (χ4v) is 6.01. The lowest BCUT2D eigenvalue weighted by Crippen LogP contribution is -2.48. The smallest absolute Gasteiger partial charge is 0.274 e. The van der Waals surface area contributed by atoms with Gasteiger partial charge in [0.1, 0.15) is 24.1 Å². The maximum absolute atomic E-state index is 14.0. The second-order valence-corrected chi connectivity index (χ2v) is 12.5. The van der Waals surface area contributed by atoms with Crippen molar-refractivity contribution in [2.45, 2.75) is 84.3 Å². The summed E-state index contributed by atoms with van der Waals surface area (Å²) in [5.41, 5.74) is 0.868. The number of hydrogen-bond donors (Lipinski definition) is 3. The maximum Gasteiger partial charge on any atom is 0.274 e. The Bertz CT molecular complexity index is 1510. The van der Waals surface area contributed by atoms with Crippen molar-refractivity contribution >= 4 is 23.6 Å². The molecule has 4 bridgehead atoms. The van der Waals surface area contributed by atoms with Crippen LogP contribution in [0.15, 0.2) is 45.4 Å². The van der Waals surface area contributed by atoms with Crippen LogP contribution < -0.4 is 16.0 Å². The van der Waals surface area contributed by atoms with Gasteiger partial charge in [-0.2, -0.15) is 0 Å². The molecule has 12 nitrogen and oxygen atoms in total. The van der Waals surface area contributed by atoms with E-state index in [-0.39, 0.29) is 65.7 Å². The summed E-state index contributed by atoms with van der Waals surface area (Å²) in [4.78, 5) is 64.7. The molecule has 0 radical (unpaired) electrons. The Morgan fingerprint density at radius 3 is 2.42 bits per heavy atom. The molecule has 2 aliphatic rings. The lowest BCUT2D eigenvalue weighted by Gasteiger charge is -2.32. The van der Waals surface area contributed by atoms with Gasteiger partial charge in [0.05, 0.1) is 12.6 Å². The number of hydrogen-bond acceptors (Lipinski definition) is 8. The topological polar surface area (TPSA) is 160 Å². The summed E-state index contributed by atoms with van der Waals surface area (Å²) in [7, 11) is 0. The first kappa shape index (κ1) is 31.9. The number of rotatable bonds is 4. The van der Waals surface area contributed by atoms with E-state index in [1.807, 2.05) is 44.2 Å². The van der Waals surface area contributed by atoms with E-state index in [2.05, 4.69) is 25.9 Å². The van der Waals surface area contributed by atoms with Gasteiger partial charge in [0.25, 0.3) is 11.8 Å². The number of benzene rings is 1. The number of carbonyl (C=O) groups is 4. The van der Waals surface area contributed by atoms with E-state index in [0.717, 1.165) is 37.7 Å². The molecule has 3 atom stereocenters. The molecule has 1 aliphatic heterocycles. The number of amides is 4. The number of nitrogens with one attached hydrogen (secondary N) is 3. The van der Waals surface area contributed by atoms with Crippen LogP contribution in [0.5, 0.6) is 0 Å². The number of nitrogens with zero attached hydrogens (tertiary/aromatic N) is 3. The van der Waals surface area contributed by atoms with Gasteiger partial charge in [-0.1, -0.05) is 63.4 Å². The van der Waals surface area contributed by atoms with Gasteiger partial charge in [-0.15, -0.1) is 0 Å². The van der Waals surface area contributed by atoms with E-state index >= 15 is 0 Å². The monoisotopic (exact) mass is 618 g/mol. The van der Waals surface area contributed by atoms with Gasteiger partial charge < -0.3 is 29.7 Å². The molecule has 0 unspecified atom stereocenters. The molecule has 0 spiro atoms. The van der Waals surface area contributed by atoms with Crippen molar-refractivity contribution in [1.29, 1.82) is 0 Å². The molecular formula is C33H42N6O6. The molecule has 45 heavy (non-hydrogen) atoms. The van der Waals surface area contributed by atoms with Crippen molar-refractivity contribution < 1.29 is 28.0 Å². The van der Waals surface area contributed by atoms with Crippen LogP contribution in [0.3, 0.4) is 0 Å². The Morgan fingerprint density at radius 1 is 0.978 bits per heavy atom. The Morgan fingerprint density at radius 2 is 1.71 bits per heavy atom. The van der Waals surface area contributed by atoms with Crippen molar-refractivity contribution in [3.63, 3.8) is 0 Å². The largest absolute Gasteiger partial charge is 0.446 e. The first-order valence-electron chi connectivity index (χ1n) is 15.8. The third-order valence-corrected chi connectivity index (χ3v) is 8.35. The van der Waals surface area contributed by atoms with Gasteiger partial charge in [-0.25, -0.2) is 9.97 Å². The highest BCUT2D eigenvalue weighted by atomic mass is 16.4. The summed E-state index contributed by atoms with van der Waals surface area (Å²) in [6, 6.07) is 7.39. The zero-order valence-corrected chi connectivity index (χ0v) is 26.3. The number of carbonyl (C=O) groups excluding carboxylic acids is 4. The van der Waals surface area contributed by atoms with E-state index in [0.29, 0.717) is 6.42 Å². The van der Waals surface area contributed by atoms with Crippen LogP contribution in [-0.2, 0) is 9.59 Å². The number of oxazole rings is 2. The summed E-state index contributed by atoms with van der Waals surface area (Å²) >= 11 is 0. The SMILES string of the molecule is Cc1oc2nc1C(=O)N[C@@H](c1ccccc1)CN(C(=O)C1CCCCC1)CC(=O)N[C@H](CC(C)C)c1nc(co1)C(=O)N[C@H]2C. The summed E-state index contributed by atoms with van der Waals surface area (Å²) in [6.45, 7) is 7.19. The van der Waals surface area contributed by atoms with Crippen molar-refractivity contribution in [2.75, 3.05) is 13.1 Å². The molecule has 1 saturated carbocycles. The molecular weight excluding hydrogens is 576 g/mol. The molecule has 4 amide bonds. The summed E-state index contributed by atoms with van der Waals surface area (Å²) in [5, 5.41) is 8.82. The van der Waals surface area contributed by atoms with Crippen molar-refractivity contribution in [3.8, 4) is 0 Å². The first-order chi connectivity index (χ1) is 21.6. The minimum Gasteiger partial charge on any atom is -0.446 e. The predicted molar refractivity (Wildman–Crippen MR) is 164 cm³/mol. The van der Waals surface area contributed by atoms with Gasteiger partial charge in [0.15, 0.2) is 11.4 Å². The Kier molecular flexibility index (Phi) is 9.99. The van der Waals surface area contributed by atoms with E-state index < -0.39 is 29.9 Å². The number of aromatic nitrogens is 2. The number of fused-ring (bicyclic) bond motifs is 4. The third-order valence-electron chi connectivity index (χ3n) is 8.35. The van der Waals surface area contributed by atoms with E-state index in [1.165, 1.54) is 6.26 Å². The van der Waals surface area contributed by atoms with Crippen LogP contribution in [0.25, 0.3) is 0 Å². The molecule has 12 heteroatoms. The zero-order valence-electron chi connectivity index (χ0n) is 26.3. The fourth-order valence-electron chi connectivity index (χ4n) is 6.01. The predicted octanol–water partition coefficient (Wildman–Crippen LogP) is 4.56. The Balaban J connectivity index is 1.54. The molecule has 1 aliphatic carbocycles. The maximum atomic E-state index is 14.0. The van der Waals surface area contributed by atoms with Crippen molar-refractivity contribution in [1.82, 2.24) is 30.8 Å². The molecule has 3 N–H and O–H groups in total. The normalized spacial score (nSPS) is 22.3. The van der Waals surface area contributed by atoms with E-state index in [9.17, 15) is 19.2 Å². The van der Waals surface area contributed by atoms with Crippen LogP contribution in [0.2, 0.25) is 0 Å². The van der Waals surface area contributed by atoms with Crippen LogP contribution in [0.1, 0.15) is 122 Å². The molecule has 5 rings (SSSR count). The minimum atomic E-state index is -0.684. The molecule has 0 saturated heterocycles. The molecule has 3 heterocycles. The molecule has 3 aromatic rings. The van der Waals surface area contributed by atoms with Gasteiger partial charge >= 0.3 is 0 Å². The van der Waals surface area contributed by atoms with Gasteiger partial charge in [0, 0.05) is 12.5 Å². The third kappa shape index (κ3) is 7.79. The quantitative estimate of drug-likeness (QED) is 0.384. The average Bonchev–Trinajstić information content (AvgIpc) is 3.67. The molecule has 240 valence electrons. The zero-order chi connectivity index (χ0) is 32.1. The van der Waals surface area contributed by atoms with Crippen LogP contribution in [0.4, 0.5) is 0 Å². The standard InChI is InChI=1S/C33H42N6O6/c1-19(2)15-24-32-37-26(18-44-32)29(41)34-20(3)31-38-28(21(4)45-31)30(42)36-25(22-11-7-5-8-12-22)16-39(17-27(40)35-24)33(43)23-13-9-6-10-14-23/h5,7-8,11-12,18-20,23-25H,6,9-10,13-17H2,1-4H3,(H,34,41)(H,35,40)(H,36,42)/t20-,24+,25+/m0/s1. The second kappa shape index (κ2) is 14.1. The average molecular weight is 619 g/mol. The summed E-state index contributed by atoms with van der Waals surface area (Å²) < 4.78 is 11.5. The summed E-state index contributed by atoms with van der Waals surface area (Å²) in [5.74, 6) is -0.918. The van der Waals surface area contributed by atoms with Gasteiger partial charge in [0.2, 0.25) is 23.6 Å². The van der Waals surface area contributed by atoms with E-state index in [4.69, 9.17) is 8.83 Å². The highest BCUT2D eigenvalue weighted by Crippen LogP contribution is 2.28. The van der Waals surface area contributed by atoms with Crippen molar-refractivity contribution in [2.24, 2.45) is 11.8 Å². The fraction of sp³-hybridized carbons (Fsp3) is 0.515. The molecule has 2 aromatic heterocycles. The summed E-state index contributed by atoms with van der Waals surface area (Å²) in [6.07, 6.45) is 6.26. The minimum absolute atomic E-state index is 0.0296. The lowest BCUT2D eigenvalue weighted by atomic mass is 9.88. The van der Waals surface area contributed by atoms with Crippen LogP contribution in [0, 0.1) is 18.8 Å². The number of aryl methyl sites for hydroxylation is 1. The molecule has 1 fully saturated rings. The Hall–Kier alpha value is -4.48. The lowest BCUT2D eigenvalue weighted by molar-refractivity contribution is -0.141. The van der Waals surface area contributed by atoms with Gasteiger partial charge in [-0.3, -0.25) is 19.2 Å². The second-order valence-electron chi connectivity index (χ2n) is 12.5. The Labute approximate surface area is 262 Å². The highest BCUT2D eigenvalue weighted by molar-refractivity contribution is 5.94. The van der Waals surface area contributed by atoms with Crippen LogP contribution >= 0.6 is 0 Å².